The van der Waals surface area contributed by atoms with Crippen molar-refractivity contribution in [2.45, 2.75) is 17.7 Å². The first-order chi connectivity index (χ1) is 12.8. The minimum atomic E-state index is -3.80. The summed E-state index contributed by atoms with van der Waals surface area (Å²) in [7, 11) is -3.80. The van der Waals surface area contributed by atoms with Crippen LogP contribution in [-0.2, 0) is 14.8 Å². The van der Waals surface area contributed by atoms with Crippen LogP contribution < -0.4 is 15.6 Å². The third-order valence-corrected chi connectivity index (χ3v) is 4.91. The highest BCUT2D eigenvalue weighted by Crippen LogP contribution is 2.09. The molecule has 0 aliphatic carbocycles. The first kappa shape index (κ1) is 20.5. The Kier molecular flexibility index (Phi) is 6.97. The summed E-state index contributed by atoms with van der Waals surface area (Å²) in [6.07, 6.45) is 0.0747. The number of hydrogen-bond donors (Lipinski definition) is 3. The molecule has 0 aliphatic rings. The number of sulfonamides is 1. The zero-order valence-electron chi connectivity index (χ0n) is 14.0. The Morgan fingerprint density at radius 2 is 1.59 bits per heavy atom. The van der Waals surface area contributed by atoms with E-state index in [1.54, 1.807) is 0 Å². The van der Waals surface area contributed by atoms with Crippen molar-refractivity contribution in [3.8, 4) is 0 Å². The number of rotatable bonds is 7. The smallest absolute Gasteiger partial charge is 0.272 e. The summed E-state index contributed by atoms with van der Waals surface area (Å²) in [6, 6.07) is 9.60. The predicted molar refractivity (Wildman–Crippen MR) is 92.8 cm³/mol. The van der Waals surface area contributed by atoms with Crippen LogP contribution in [0.3, 0.4) is 0 Å². The minimum absolute atomic E-state index is 0.0333. The van der Waals surface area contributed by atoms with E-state index >= 15 is 0 Å². The van der Waals surface area contributed by atoms with Gasteiger partial charge in [0.2, 0.25) is 15.9 Å². The van der Waals surface area contributed by atoms with Gasteiger partial charge in [0, 0.05) is 13.0 Å². The van der Waals surface area contributed by atoms with Crippen LogP contribution in [0.4, 0.5) is 8.78 Å². The molecule has 0 atom stereocenters. The number of hydrazine groups is 1. The molecule has 10 heteroatoms. The molecule has 0 heterocycles. The summed E-state index contributed by atoms with van der Waals surface area (Å²) >= 11 is 0. The molecule has 7 nitrogen and oxygen atoms in total. The number of nitrogens with one attached hydrogen (secondary N) is 3. The van der Waals surface area contributed by atoms with E-state index in [9.17, 15) is 26.8 Å². The Morgan fingerprint density at radius 1 is 0.926 bits per heavy atom. The zero-order valence-corrected chi connectivity index (χ0v) is 14.9. The van der Waals surface area contributed by atoms with Gasteiger partial charge in [-0.3, -0.25) is 20.4 Å². The third-order valence-electron chi connectivity index (χ3n) is 3.43. The third kappa shape index (κ3) is 6.12. The molecule has 0 bridgehead atoms. The van der Waals surface area contributed by atoms with Crippen LogP contribution in [0.5, 0.6) is 0 Å². The van der Waals surface area contributed by atoms with Gasteiger partial charge in [-0.05, 0) is 42.8 Å². The van der Waals surface area contributed by atoms with Gasteiger partial charge in [0.1, 0.15) is 11.6 Å². The molecule has 27 heavy (non-hydrogen) atoms. The molecule has 0 saturated heterocycles. The molecule has 0 unspecified atom stereocenters. The van der Waals surface area contributed by atoms with Gasteiger partial charge in [0.05, 0.1) is 10.5 Å². The molecule has 0 aromatic heterocycles. The van der Waals surface area contributed by atoms with Crippen molar-refractivity contribution in [1.82, 2.24) is 15.6 Å². The number of amides is 2. The van der Waals surface area contributed by atoms with Crippen molar-refractivity contribution in [3.05, 3.63) is 65.7 Å². The lowest BCUT2D eigenvalue weighted by molar-refractivity contribution is -0.121. The fourth-order valence-corrected chi connectivity index (χ4v) is 3.13. The van der Waals surface area contributed by atoms with E-state index in [0.717, 1.165) is 30.3 Å². The highest BCUT2D eigenvalue weighted by atomic mass is 32.2. The first-order valence-electron chi connectivity index (χ1n) is 7.88. The normalized spacial score (nSPS) is 11.0. The lowest BCUT2D eigenvalue weighted by Crippen LogP contribution is -2.42. The fraction of sp³-hybridized carbons (Fsp3) is 0.176. The van der Waals surface area contributed by atoms with E-state index in [1.165, 1.54) is 18.2 Å². The molecular weight excluding hydrogens is 380 g/mol. The number of hydrogen-bond acceptors (Lipinski definition) is 4. The van der Waals surface area contributed by atoms with E-state index in [4.69, 9.17) is 0 Å². The van der Waals surface area contributed by atoms with E-state index in [1.807, 2.05) is 0 Å². The largest absolute Gasteiger partial charge is 0.273 e. The zero-order chi connectivity index (χ0) is 19.9. The molecular formula is C17H17F2N3O4S. The predicted octanol–water partition coefficient (Wildman–Crippen LogP) is 1.48. The molecule has 2 aromatic rings. The highest BCUT2D eigenvalue weighted by molar-refractivity contribution is 7.89. The lowest BCUT2D eigenvalue weighted by atomic mass is 10.2. The molecule has 0 spiro atoms. The van der Waals surface area contributed by atoms with E-state index in [0.29, 0.717) is 0 Å². The summed E-state index contributed by atoms with van der Waals surface area (Å²) in [5, 5.41) is 0. The Morgan fingerprint density at radius 3 is 2.26 bits per heavy atom. The monoisotopic (exact) mass is 397 g/mol. The van der Waals surface area contributed by atoms with Gasteiger partial charge in [0.25, 0.3) is 5.91 Å². The second-order valence-electron chi connectivity index (χ2n) is 5.44. The number of benzene rings is 2. The quantitative estimate of drug-likeness (QED) is 0.486. The lowest BCUT2D eigenvalue weighted by Gasteiger charge is -2.09. The van der Waals surface area contributed by atoms with Crippen molar-refractivity contribution in [1.29, 1.82) is 0 Å². The number of halogens is 2. The molecule has 0 fully saturated rings. The number of carbonyl (C=O) groups is 2. The van der Waals surface area contributed by atoms with Crippen molar-refractivity contribution >= 4 is 21.8 Å². The topological polar surface area (TPSA) is 104 Å². The maximum Gasteiger partial charge on any atom is 0.272 e. The first-order valence-corrected chi connectivity index (χ1v) is 9.37. The van der Waals surface area contributed by atoms with Crippen LogP contribution in [-0.4, -0.2) is 26.8 Å². The van der Waals surface area contributed by atoms with Gasteiger partial charge >= 0.3 is 0 Å². The van der Waals surface area contributed by atoms with E-state index in [2.05, 4.69) is 15.6 Å². The molecule has 2 rings (SSSR count). The summed E-state index contributed by atoms with van der Waals surface area (Å²) < 4.78 is 52.5. The van der Waals surface area contributed by atoms with Crippen LogP contribution >= 0.6 is 0 Å². The van der Waals surface area contributed by atoms with Gasteiger partial charge in [-0.25, -0.2) is 21.9 Å². The Labute approximate surface area is 154 Å². The van der Waals surface area contributed by atoms with Gasteiger partial charge in [-0.15, -0.1) is 0 Å². The maximum absolute atomic E-state index is 13.4. The van der Waals surface area contributed by atoms with Crippen molar-refractivity contribution in [3.63, 3.8) is 0 Å². The van der Waals surface area contributed by atoms with Crippen LogP contribution in [0.1, 0.15) is 23.2 Å². The SMILES string of the molecule is O=C(CCCNS(=O)(=O)c1ccc(F)cc1)NNC(=O)c1ccccc1F. The Bertz CT molecular complexity index is 918. The molecule has 3 N–H and O–H groups in total. The Balaban J connectivity index is 1.72. The highest BCUT2D eigenvalue weighted by Gasteiger charge is 2.14. The van der Waals surface area contributed by atoms with E-state index in [-0.39, 0.29) is 29.8 Å². The molecule has 2 aromatic carbocycles. The molecule has 0 radical (unpaired) electrons. The van der Waals surface area contributed by atoms with Crippen molar-refractivity contribution < 1.29 is 26.8 Å². The maximum atomic E-state index is 13.4. The summed E-state index contributed by atoms with van der Waals surface area (Å²) in [6.45, 7) is -0.0333. The summed E-state index contributed by atoms with van der Waals surface area (Å²) in [5.41, 5.74) is 3.98. The van der Waals surface area contributed by atoms with Crippen LogP contribution in [0.2, 0.25) is 0 Å². The van der Waals surface area contributed by atoms with Crippen molar-refractivity contribution in [2.24, 2.45) is 0 Å². The van der Waals surface area contributed by atoms with Crippen molar-refractivity contribution in [2.75, 3.05) is 6.54 Å². The van der Waals surface area contributed by atoms with E-state index < -0.39 is 33.5 Å². The van der Waals surface area contributed by atoms with Gasteiger partial charge in [-0.1, -0.05) is 12.1 Å². The molecule has 0 aliphatic heterocycles. The Hall–Kier alpha value is -2.85. The average molecular weight is 397 g/mol. The van der Waals surface area contributed by atoms with Crippen LogP contribution in [0.15, 0.2) is 53.4 Å². The van der Waals surface area contributed by atoms with Crippen LogP contribution in [0.25, 0.3) is 0 Å². The van der Waals surface area contributed by atoms with Gasteiger partial charge in [0.15, 0.2) is 0 Å². The number of carbonyl (C=O) groups excluding carboxylic acids is 2. The van der Waals surface area contributed by atoms with Gasteiger partial charge < -0.3 is 0 Å². The van der Waals surface area contributed by atoms with Crippen LogP contribution in [0, 0.1) is 11.6 Å². The molecule has 144 valence electrons. The second-order valence-corrected chi connectivity index (χ2v) is 7.20. The summed E-state index contributed by atoms with van der Waals surface area (Å²) in [4.78, 5) is 23.3. The summed E-state index contributed by atoms with van der Waals surface area (Å²) in [5.74, 6) is -2.65. The average Bonchev–Trinajstić information content (AvgIpc) is 2.64. The minimum Gasteiger partial charge on any atom is -0.273 e. The second kappa shape index (κ2) is 9.19. The van der Waals surface area contributed by atoms with Gasteiger partial charge in [-0.2, -0.15) is 0 Å². The molecule has 0 saturated carbocycles. The molecule has 2 amide bonds. The fourth-order valence-electron chi connectivity index (χ4n) is 2.05. The standard InChI is InChI=1S/C17H17F2N3O4S/c18-12-7-9-13(10-8-12)27(25,26)20-11-3-6-16(23)21-22-17(24)14-4-1-2-5-15(14)19/h1-2,4-5,7-10,20H,3,6,11H2,(H,21,23)(H,22,24).